The largest absolute Gasteiger partial charge is 0.396 e. The van der Waals surface area contributed by atoms with Gasteiger partial charge >= 0.3 is 0 Å². The molecular formula is C7H9ClO2S. The number of aliphatic hydroxyl groups excluding tert-OH is 2. The van der Waals surface area contributed by atoms with Gasteiger partial charge in [0.1, 0.15) is 0 Å². The summed E-state index contributed by atoms with van der Waals surface area (Å²) in [6, 6.07) is 3.59. The smallest absolute Gasteiger partial charge is 0.0931 e. The molecule has 4 heteroatoms. The summed E-state index contributed by atoms with van der Waals surface area (Å²) in [4.78, 5) is 0.931. The first-order valence-corrected chi connectivity index (χ1v) is 4.44. The van der Waals surface area contributed by atoms with E-state index in [9.17, 15) is 0 Å². The fourth-order valence-electron chi connectivity index (χ4n) is 0.785. The van der Waals surface area contributed by atoms with E-state index in [-0.39, 0.29) is 19.1 Å². The van der Waals surface area contributed by atoms with E-state index < -0.39 is 0 Å². The summed E-state index contributed by atoms with van der Waals surface area (Å²) < 4.78 is 0.687. The van der Waals surface area contributed by atoms with Gasteiger partial charge in [0.25, 0.3) is 0 Å². The van der Waals surface area contributed by atoms with E-state index in [0.29, 0.717) is 4.34 Å². The second kappa shape index (κ2) is 4.07. The van der Waals surface area contributed by atoms with Crippen LogP contribution in [0.3, 0.4) is 0 Å². The van der Waals surface area contributed by atoms with Crippen LogP contribution in [0.1, 0.15) is 10.8 Å². The molecule has 1 aromatic rings. The van der Waals surface area contributed by atoms with Crippen molar-refractivity contribution in [1.82, 2.24) is 0 Å². The van der Waals surface area contributed by atoms with Crippen LogP contribution in [0.15, 0.2) is 12.1 Å². The van der Waals surface area contributed by atoms with Crippen molar-refractivity contribution < 1.29 is 10.2 Å². The Labute approximate surface area is 74.1 Å². The lowest BCUT2D eigenvalue weighted by atomic mass is 10.1. The molecule has 0 aliphatic rings. The number of hydrogen-bond donors (Lipinski definition) is 2. The van der Waals surface area contributed by atoms with Gasteiger partial charge in [0.2, 0.25) is 0 Å². The third-order valence-electron chi connectivity index (χ3n) is 1.44. The summed E-state index contributed by atoms with van der Waals surface area (Å²) >= 11 is 7.06. The molecule has 0 bridgehead atoms. The Kier molecular flexibility index (Phi) is 3.33. The number of hydrogen-bond acceptors (Lipinski definition) is 3. The standard InChI is InChI=1S/C7H9ClO2S/c8-7-2-1-6(11-7)5(3-9)4-10/h1-2,5,9-10H,3-4H2. The van der Waals surface area contributed by atoms with E-state index in [1.54, 1.807) is 6.07 Å². The predicted molar refractivity (Wildman–Crippen MR) is 46.2 cm³/mol. The van der Waals surface area contributed by atoms with Gasteiger partial charge in [-0.2, -0.15) is 0 Å². The molecule has 0 saturated carbocycles. The second-order valence-electron chi connectivity index (χ2n) is 2.20. The molecular weight excluding hydrogens is 184 g/mol. The minimum atomic E-state index is -0.174. The zero-order valence-electron chi connectivity index (χ0n) is 5.83. The lowest BCUT2D eigenvalue weighted by molar-refractivity contribution is 0.194. The third-order valence-corrected chi connectivity index (χ3v) is 2.83. The lowest BCUT2D eigenvalue weighted by Crippen LogP contribution is -2.06. The van der Waals surface area contributed by atoms with Crippen molar-refractivity contribution in [2.75, 3.05) is 13.2 Å². The molecule has 0 unspecified atom stereocenters. The quantitative estimate of drug-likeness (QED) is 0.762. The first-order valence-electron chi connectivity index (χ1n) is 3.25. The van der Waals surface area contributed by atoms with Crippen molar-refractivity contribution in [2.45, 2.75) is 5.92 Å². The average molecular weight is 193 g/mol. The van der Waals surface area contributed by atoms with Crippen LogP contribution in [0.4, 0.5) is 0 Å². The summed E-state index contributed by atoms with van der Waals surface area (Å²) in [5.74, 6) is -0.174. The summed E-state index contributed by atoms with van der Waals surface area (Å²) in [5.41, 5.74) is 0. The van der Waals surface area contributed by atoms with Gasteiger partial charge in [-0.25, -0.2) is 0 Å². The number of thiophene rings is 1. The van der Waals surface area contributed by atoms with Gasteiger partial charge in [0.05, 0.1) is 17.6 Å². The first-order chi connectivity index (χ1) is 5.27. The van der Waals surface area contributed by atoms with Crippen LogP contribution < -0.4 is 0 Å². The monoisotopic (exact) mass is 192 g/mol. The second-order valence-corrected chi connectivity index (χ2v) is 3.95. The molecule has 0 spiro atoms. The van der Waals surface area contributed by atoms with Crippen LogP contribution in [0.5, 0.6) is 0 Å². The first kappa shape index (κ1) is 9.00. The lowest BCUT2D eigenvalue weighted by Gasteiger charge is -2.06. The van der Waals surface area contributed by atoms with Crippen molar-refractivity contribution >= 4 is 22.9 Å². The van der Waals surface area contributed by atoms with Crippen molar-refractivity contribution in [3.05, 3.63) is 21.3 Å². The molecule has 0 aliphatic carbocycles. The Balaban J connectivity index is 2.73. The SMILES string of the molecule is OCC(CO)c1ccc(Cl)s1. The van der Waals surface area contributed by atoms with Crippen LogP contribution in [-0.2, 0) is 0 Å². The van der Waals surface area contributed by atoms with Crippen LogP contribution in [0.2, 0.25) is 4.34 Å². The van der Waals surface area contributed by atoms with Gasteiger partial charge < -0.3 is 10.2 Å². The molecule has 0 atom stereocenters. The molecule has 2 nitrogen and oxygen atoms in total. The normalized spacial score (nSPS) is 10.9. The van der Waals surface area contributed by atoms with Crippen molar-refractivity contribution in [3.63, 3.8) is 0 Å². The van der Waals surface area contributed by atoms with Gasteiger partial charge in [0.15, 0.2) is 0 Å². The van der Waals surface area contributed by atoms with E-state index >= 15 is 0 Å². The van der Waals surface area contributed by atoms with Crippen LogP contribution in [0, 0.1) is 0 Å². The Bertz CT molecular complexity index is 220. The molecule has 0 radical (unpaired) electrons. The average Bonchev–Trinajstić information content (AvgIpc) is 2.39. The molecule has 1 heterocycles. The highest BCUT2D eigenvalue weighted by Crippen LogP contribution is 2.27. The Morgan fingerprint density at radius 2 is 2.00 bits per heavy atom. The molecule has 0 aliphatic heterocycles. The fraction of sp³-hybridized carbons (Fsp3) is 0.429. The Morgan fingerprint density at radius 3 is 2.36 bits per heavy atom. The minimum absolute atomic E-state index is 0.0344. The highest BCUT2D eigenvalue weighted by atomic mass is 35.5. The van der Waals surface area contributed by atoms with Crippen LogP contribution in [0.25, 0.3) is 0 Å². The molecule has 0 aromatic carbocycles. The highest BCUT2D eigenvalue weighted by Gasteiger charge is 2.10. The number of rotatable bonds is 3. The molecule has 11 heavy (non-hydrogen) atoms. The molecule has 0 saturated heterocycles. The minimum Gasteiger partial charge on any atom is -0.396 e. The van der Waals surface area contributed by atoms with Crippen LogP contribution in [-0.4, -0.2) is 23.4 Å². The van der Waals surface area contributed by atoms with Crippen molar-refractivity contribution in [1.29, 1.82) is 0 Å². The zero-order chi connectivity index (χ0) is 8.27. The van der Waals surface area contributed by atoms with Gasteiger partial charge in [-0.05, 0) is 12.1 Å². The van der Waals surface area contributed by atoms with E-state index in [2.05, 4.69) is 0 Å². The highest BCUT2D eigenvalue weighted by molar-refractivity contribution is 7.16. The maximum absolute atomic E-state index is 8.79. The maximum atomic E-state index is 8.79. The van der Waals surface area contributed by atoms with Gasteiger partial charge in [-0.1, -0.05) is 11.6 Å². The van der Waals surface area contributed by atoms with Crippen molar-refractivity contribution in [2.24, 2.45) is 0 Å². The maximum Gasteiger partial charge on any atom is 0.0931 e. The molecule has 62 valence electrons. The zero-order valence-corrected chi connectivity index (χ0v) is 7.40. The van der Waals surface area contributed by atoms with Gasteiger partial charge in [0, 0.05) is 10.8 Å². The summed E-state index contributed by atoms with van der Waals surface area (Å²) in [7, 11) is 0. The van der Waals surface area contributed by atoms with E-state index in [4.69, 9.17) is 21.8 Å². The summed E-state index contributed by atoms with van der Waals surface area (Å²) in [5, 5.41) is 17.6. The molecule has 0 amide bonds. The van der Waals surface area contributed by atoms with E-state index in [1.807, 2.05) is 6.07 Å². The van der Waals surface area contributed by atoms with E-state index in [1.165, 1.54) is 11.3 Å². The van der Waals surface area contributed by atoms with Gasteiger partial charge in [-0.3, -0.25) is 0 Å². The Morgan fingerprint density at radius 1 is 1.36 bits per heavy atom. The van der Waals surface area contributed by atoms with Gasteiger partial charge in [-0.15, -0.1) is 11.3 Å². The topological polar surface area (TPSA) is 40.5 Å². The number of aliphatic hydroxyl groups is 2. The van der Waals surface area contributed by atoms with E-state index in [0.717, 1.165) is 4.88 Å². The fourth-order valence-corrected chi connectivity index (χ4v) is 1.93. The third kappa shape index (κ3) is 2.17. The van der Waals surface area contributed by atoms with Crippen LogP contribution >= 0.6 is 22.9 Å². The molecule has 0 fully saturated rings. The predicted octanol–water partition coefficient (Wildman–Crippen LogP) is 1.47. The molecule has 1 aromatic heterocycles. The number of halogens is 1. The van der Waals surface area contributed by atoms with Crippen molar-refractivity contribution in [3.8, 4) is 0 Å². The summed E-state index contributed by atoms with van der Waals surface area (Å²) in [6.45, 7) is -0.0688. The molecule has 2 N–H and O–H groups in total. The molecule has 1 rings (SSSR count). The summed E-state index contributed by atoms with van der Waals surface area (Å²) in [6.07, 6.45) is 0. The Hall–Kier alpha value is -0.0900.